The van der Waals surface area contributed by atoms with Crippen LogP contribution in [-0.4, -0.2) is 33.7 Å². The lowest BCUT2D eigenvalue weighted by molar-refractivity contribution is -0.527. The van der Waals surface area contributed by atoms with Crippen molar-refractivity contribution in [1.82, 2.24) is 4.90 Å². The molecule has 1 aliphatic heterocycles. The summed E-state index contributed by atoms with van der Waals surface area (Å²) >= 11 is 0. The highest BCUT2D eigenvalue weighted by molar-refractivity contribution is 5.84. The smallest absolute Gasteiger partial charge is 0.306 e. The molecule has 0 fully saturated rings. The number of nitro groups is 2. The minimum Gasteiger partial charge on any atom is -0.402 e. The maximum atomic E-state index is 12.0. The van der Waals surface area contributed by atoms with Crippen molar-refractivity contribution in [3.8, 4) is 0 Å². The highest BCUT2D eigenvalue weighted by atomic mass is 16.6. The van der Waals surface area contributed by atoms with Crippen LogP contribution in [0.1, 0.15) is 25.7 Å². The molecule has 0 saturated carbocycles. The van der Waals surface area contributed by atoms with Crippen molar-refractivity contribution >= 4 is 5.91 Å². The van der Waals surface area contributed by atoms with Crippen LogP contribution < -0.4 is 5.73 Å². The van der Waals surface area contributed by atoms with Gasteiger partial charge in [-0.25, -0.2) is 0 Å². The van der Waals surface area contributed by atoms with Gasteiger partial charge < -0.3 is 10.6 Å². The van der Waals surface area contributed by atoms with E-state index in [1.165, 1.54) is 7.05 Å². The second-order valence-electron chi connectivity index (χ2n) is 5.23. The summed E-state index contributed by atoms with van der Waals surface area (Å²) in [6, 6.07) is -1.69. The molecule has 2 atom stereocenters. The molecule has 114 valence electrons. The molecular weight excluding hydrogens is 280 g/mol. The van der Waals surface area contributed by atoms with Crippen LogP contribution in [0.2, 0.25) is 0 Å². The van der Waals surface area contributed by atoms with E-state index in [0.29, 0.717) is 24.1 Å². The Morgan fingerprint density at radius 3 is 2.43 bits per heavy atom. The Labute approximate surface area is 120 Å². The van der Waals surface area contributed by atoms with E-state index in [1.54, 1.807) is 0 Å². The highest BCUT2D eigenvalue weighted by Gasteiger charge is 2.52. The molecule has 21 heavy (non-hydrogen) atoms. The molecule has 2 unspecified atom stereocenters. The highest BCUT2D eigenvalue weighted by Crippen LogP contribution is 2.37. The third-order valence-corrected chi connectivity index (χ3v) is 3.93. The summed E-state index contributed by atoms with van der Waals surface area (Å²) in [5.74, 6) is -1.94. The number of allylic oxidation sites excluding steroid dienone is 1. The SMILES string of the molecule is CN1C=C([N+](=O)[O-])C(C2=C(N)CCCC2)C([N+](=O)[O-])C1=O. The van der Waals surface area contributed by atoms with E-state index in [9.17, 15) is 25.0 Å². The molecule has 1 heterocycles. The lowest BCUT2D eigenvalue weighted by Crippen LogP contribution is -2.50. The first-order chi connectivity index (χ1) is 9.84. The zero-order valence-corrected chi connectivity index (χ0v) is 11.5. The van der Waals surface area contributed by atoms with Gasteiger partial charge in [-0.15, -0.1) is 0 Å². The van der Waals surface area contributed by atoms with Gasteiger partial charge in [0.25, 0.3) is 5.70 Å². The number of hydrogen-bond donors (Lipinski definition) is 1. The second-order valence-corrected chi connectivity index (χ2v) is 5.23. The molecule has 2 N–H and O–H groups in total. The van der Waals surface area contributed by atoms with Crippen LogP contribution >= 0.6 is 0 Å². The molecule has 0 radical (unpaired) electrons. The molecule has 0 spiro atoms. The minimum absolute atomic E-state index is 0.348. The first-order valence-electron chi connectivity index (χ1n) is 6.58. The quantitative estimate of drug-likeness (QED) is 0.599. The van der Waals surface area contributed by atoms with Gasteiger partial charge in [-0.1, -0.05) is 0 Å². The van der Waals surface area contributed by atoms with Crippen LogP contribution in [0.15, 0.2) is 23.2 Å². The van der Waals surface area contributed by atoms with Crippen molar-refractivity contribution in [3.63, 3.8) is 0 Å². The zero-order chi connectivity index (χ0) is 15.7. The number of carbonyl (C=O) groups is 1. The van der Waals surface area contributed by atoms with Crippen LogP contribution in [0.5, 0.6) is 0 Å². The average molecular weight is 296 g/mol. The zero-order valence-electron chi connectivity index (χ0n) is 11.5. The van der Waals surface area contributed by atoms with Crippen LogP contribution in [0, 0.1) is 26.1 Å². The summed E-state index contributed by atoms with van der Waals surface area (Å²) in [6.45, 7) is 0. The maximum absolute atomic E-state index is 12.0. The van der Waals surface area contributed by atoms with Gasteiger partial charge in [-0.05, 0) is 31.3 Å². The third kappa shape index (κ3) is 2.58. The van der Waals surface area contributed by atoms with Crippen molar-refractivity contribution < 1.29 is 14.6 Å². The van der Waals surface area contributed by atoms with Gasteiger partial charge in [0, 0.05) is 17.7 Å². The predicted octanol–water partition coefficient (Wildman–Crippen LogP) is 0.625. The molecule has 1 aliphatic carbocycles. The first-order valence-corrected chi connectivity index (χ1v) is 6.58. The fourth-order valence-corrected chi connectivity index (χ4v) is 2.90. The van der Waals surface area contributed by atoms with E-state index in [1.807, 2.05) is 0 Å². The van der Waals surface area contributed by atoms with E-state index in [0.717, 1.165) is 23.9 Å². The predicted molar refractivity (Wildman–Crippen MR) is 71.8 cm³/mol. The Kier molecular flexibility index (Phi) is 3.92. The maximum Gasteiger partial charge on any atom is 0.306 e. The van der Waals surface area contributed by atoms with Crippen LogP contribution in [-0.2, 0) is 4.79 Å². The van der Waals surface area contributed by atoms with E-state index in [-0.39, 0.29) is 5.70 Å². The molecule has 1 amide bonds. The number of likely N-dealkylation sites (N-methyl/N-ethyl adjacent to an activating group) is 1. The monoisotopic (exact) mass is 296 g/mol. The number of nitrogens with zero attached hydrogens (tertiary/aromatic N) is 3. The molecule has 2 rings (SSSR count). The van der Waals surface area contributed by atoms with Crippen LogP contribution in [0.4, 0.5) is 0 Å². The number of hydrogen-bond acceptors (Lipinski definition) is 6. The molecule has 2 aliphatic rings. The van der Waals surface area contributed by atoms with Gasteiger partial charge in [-0.2, -0.15) is 0 Å². The fraction of sp³-hybridized carbons (Fsp3) is 0.583. The standard InChI is InChI=1S/C12H16N4O5/c1-14-6-9(15(18)19)10(11(12(14)17)16(20)21)7-4-2-3-5-8(7)13/h6,10-11H,2-5,13H2,1H3. The van der Waals surface area contributed by atoms with Gasteiger partial charge >= 0.3 is 11.9 Å². The second kappa shape index (κ2) is 5.51. The van der Waals surface area contributed by atoms with Crippen LogP contribution in [0.25, 0.3) is 0 Å². The topological polar surface area (TPSA) is 133 Å². The summed E-state index contributed by atoms with van der Waals surface area (Å²) in [5.41, 5.74) is 6.45. The van der Waals surface area contributed by atoms with E-state index in [4.69, 9.17) is 5.73 Å². The normalized spacial score (nSPS) is 26.6. The van der Waals surface area contributed by atoms with Crippen LogP contribution in [0.3, 0.4) is 0 Å². The van der Waals surface area contributed by atoms with E-state index < -0.39 is 27.7 Å². The number of nitrogens with two attached hydrogens (primary N) is 1. The molecule has 0 aromatic heterocycles. The summed E-state index contributed by atoms with van der Waals surface area (Å²) in [5, 5.41) is 22.5. The van der Waals surface area contributed by atoms with Crippen molar-refractivity contribution in [3.05, 3.63) is 43.4 Å². The van der Waals surface area contributed by atoms with Gasteiger partial charge in [-0.3, -0.25) is 25.0 Å². The van der Waals surface area contributed by atoms with E-state index >= 15 is 0 Å². The Hall–Kier alpha value is -2.45. The number of carbonyl (C=O) groups excluding carboxylic acids is 1. The lowest BCUT2D eigenvalue weighted by Gasteiger charge is -2.30. The van der Waals surface area contributed by atoms with Crippen molar-refractivity contribution in [1.29, 1.82) is 0 Å². The fourth-order valence-electron chi connectivity index (χ4n) is 2.90. The van der Waals surface area contributed by atoms with E-state index in [2.05, 4.69) is 0 Å². The van der Waals surface area contributed by atoms with Gasteiger partial charge in [0.2, 0.25) is 0 Å². The molecule has 0 aromatic carbocycles. The number of amides is 1. The van der Waals surface area contributed by atoms with Crippen molar-refractivity contribution in [2.24, 2.45) is 11.7 Å². The minimum atomic E-state index is -1.69. The Morgan fingerprint density at radius 1 is 1.29 bits per heavy atom. The average Bonchev–Trinajstić information content (AvgIpc) is 2.41. The Balaban J connectivity index is 2.59. The van der Waals surface area contributed by atoms with Crippen molar-refractivity contribution in [2.75, 3.05) is 7.05 Å². The van der Waals surface area contributed by atoms with Gasteiger partial charge in [0.1, 0.15) is 0 Å². The summed E-state index contributed by atoms with van der Waals surface area (Å²) in [6.07, 6.45) is 3.65. The summed E-state index contributed by atoms with van der Waals surface area (Å²) in [4.78, 5) is 34.1. The Morgan fingerprint density at radius 2 is 1.90 bits per heavy atom. The molecule has 9 heteroatoms. The molecule has 0 aromatic rings. The first kappa shape index (κ1) is 14.9. The largest absolute Gasteiger partial charge is 0.402 e. The summed E-state index contributed by atoms with van der Waals surface area (Å²) < 4.78 is 0. The molecule has 0 saturated heterocycles. The number of rotatable bonds is 3. The van der Waals surface area contributed by atoms with Gasteiger partial charge in [0.05, 0.1) is 11.1 Å². The third-order valence-electron chi connectivity index (χ3n) is 3.93. The van der Waals surface area contributed by atoms with Gasteiger partial charge in [0.15, 0.2) is 5.92 Å². The Bertz CT molecular complexity index is 568. The molecule has 0 bridgehead atoms. The lowest BCUT2D eigenvalue weighted by atomic mass is 9.79. The molecule has 9 nitrogen and oxygen atoms in total. The van der Waals surface area contributed by atoms with Crippen molar-refractivity contribution in [2.45, 2.75) is 31.7 Å². The summed E-state index contributed by atoms with van der Waals surface area (Å²) in [7, 11) is 1.27. The molecular formula is C12H16N4O5.